The summed E-state index contributed by atoms with van der Waals surface area (Å²) in [5.41, 5.74) is 12.4. The smallest absolute Gasteiger partial charge is 0.122 e. The van der Waals surface area contributed by atoms with E-state index in [1.54, 1.807) is 0 Å². The standard InChI is InChI=1S/C21H29NO/c1-15-7-9-19(10-8-15)20(14-22)6-5-11-23-21-13-17(3)16(2)12-18(21)4/h7-10,12-13,20H,5-6,11,14,22H2,1-4H3. The normalized spacial score (nSPS) is 12.2. The summed E-state index contributed by atoms with van der Waals surface area (Å²) in [6.07, 6.45) is 2.07. The van der Waals surface area contributed by atoms with Crippen molar-refractivity contribution < 1.29 is 4.74 Å². The molecule has 0 aromatic heterocycles. The van der Waals surface area contributed by atoms with Gasteiger partial charge in [0.1, 0.15) is 5.75 Å². The average molecular weight is 311 g/mol. The zero-order valence-corrected chi connectivity index (χ0v) is 14.9. The molecular weight excluding hydrogens is 282 g/mol. The van der Waals surface area contributed by atoms with Crippen LogP contribution in [-0.4, -0.2) is 13.2 Å². The minimum atomic E-state index is 0.417. The molecule has 2 nitrogen and oxygen atoms in total. The largest absolute Gasteiger partial charge is 0.493 e. The zero-order valence-electron chi connectivity index (χ0n) is 14.9. The third kappa shape index (κ3) is 4.84. The number of hydrogen-bond donors (Lipinski definition) is 1. The van der Waals surface area contributed by atoms with Crippen LogP contribution in [0.3, 0.4) is 0 Å². The highest BCUT2D eigenvalue weighted by molar-refractivity contribution is 5.40. The Bertz CT molecular complexity index is 631. The first-order valence-corrected chi connectivity index (χ1v) is 8.48. The van der Waals surface area contributed by atoms with Crippen molar-refractivity contribution in [3.63, 3.8) is 0 Å². The van der Waals surface area contributed by atoms with E-state index in [9.17, 15) is 0 Å². The van der Waals surface area contributed by atoms with Gasteiger partial charge in [0.15, 0.2) is 0 Å². The first-order valence-electron chi connectivity index (χ1n) is 8.48. The van der Waals surface area contributed by atoms with Gasteiger partial charge in [-0.15, -0.1) is 0 Å². The molecule has 124 valence electrons. The van der Waals surface area contributed by atoms with Gasteiger partial charge in [-0.3, -0.25) is 0 Å². The minimum absolute atomic E-state index is 0.417. The molecule has 0 aliphatic rings. The molecule has 2 N–H and O–H groups in total. The molecule has 2 aromatic carbocycles. The maximum absolute atomic E-state index is 5.98. The maximum Gasteiger partial charge on any atom is 0.122 e. The molecule has 0 radical (unpaired) electrons. The van der Waals surface area contributed by atoms with Crippen LogP contribution >= 0.6 is 0 Å². The van der Waals surface area contributed by atoms with Crippen molar-refractivity contribution in [2.75, 3.05) is 13.2 Å². The molecule has 0 spiro atoms. The monoisotopic (exact) mass is 311 g/mol. The quantitative estimate of drug-likeness (QED) is 0.744. The van der Waals surface area contributed by atoms with Gasteiger partial charge in [-0.25, -0.2) is 0 Å². The molecule has 2 aromatic rings. The van der Waals surface area contributed by atoms with Crippen LogP contribution in [0, 0.1) is 27.7 Å². The summed E-state index contributed by atoms with van der Waals surface area (Å²) in [6.45, 7) is 9.91. The van der Waals surface area contributed by atoms with E-state index in [0.717, 1.165) is 25.2 Å². The van der Waals surface area contributed by atoms with Crippen molar-refractivity contribution in [1.29, 1.82) is 0 Å². The fraction of sp³-hybridized carbons (Fsp3) is 0.429. The zero-order chi connectivity index (χ0) is 16.8. The van der Waals surface area contributed by atoms with Crippen LogP contribution in [0.15, 0.2) is 36.4 Å². The Morgan fingerprint density at radius 1 is 0.913 bits per heavy atom. The van der Waals surface area contributed by atoms with E-state index in [2.05, 4.69) is 64.1 Å². The minimum Gasteiger partial charge on any atom is -0.493 e. The average Bonchev–Trinajstić information content (AvgIpc) is 2.53. The second-order valence-electron chi connectivity index (χ2n) is 6.54. The summed E-state index contributed by atoms with van der Waals surface area (Å²) < 4.78 is 5.98. The Morgan fingerprint density at radius 3 is 2.22 bits per heavy atom. The highest BCUT2D eigenvalue weighted by Gasteiger charge is 2.10. The molecular formula is C21H29NO. The Labute approximate surface area is 140 Å². The van der Waals surface area contributed by atoms with Gasteiger partial charge in [0.25, 0.3) is 0 Å². The van der Waals surface area contributed by atoms with Gasteiger partial charge >= 0.3 is 0 Å². The molecule has 0 aliphatic carbocycles. The molecule has 2 rings (SSSR count). The van der Waals surface area contributed by atoms with Crippen LogP contribution < -0.4 is 10.5 Å². The van der Waals surface area contributed by atoms with Crippen LogP contribution in [0.4, 0.5) is 0 Å². The molecule has 0 aliphatic heterocycles. The Kier molecular flexibility index (Phi) is 6.23. The number of aryl methyl sites for hydroxylation is 4. The van der Waals surface area contributed by atoms with Crippen molar-refractivity contribution in [3.8, 4) is 5.75 Å². The van der Waals surface area contributed by atoms with Crippen molar-refractivity contribution in [1.82, 2.24) is 0 Å². The van der Waals surface area contributed by atoms with Gasteiger partial charge in [0.05, 0.1) is 6.61 Å². The van der Waals surface area contributed by atoms with Crippen LogP contribution in [0.5, 0.6) is 5.75 Å². The molecule has 0 bridgehead atoms. The fourth-order valence-corrected chi connectivity index (χ4v) is 2.86. The van der Waals surface area contributed by atoms with Gasteiger partial charge in [-0.1, -0.05) is 35.9 Å². The van der Waals surface area contributed by atoms with E-state index in [1.165, 1.54) is 27.8 Å². The molecule has 1 atom stereocenters. The van der Waals surface area contributed by atoms with E-state index >= 15 is 0 Å². The Hall–Kier alpha value is -1.80. The van der Waals surface area contributed by atoms with E-state index < -0.39 is 0 Å². The molecule has 0 saturated heterocycles. The van der Waals surface area contributed by atoms with Crippen molar-refractivity contribution in [2.24, 2.45) is 5.73 Å². The first-order chi connectivity index (χ1) is 11.0. The molecule has 23 heavy (non-hydrogen) atoms. The fourth-order valence-electron chi connectivity index (χ4n) is 2.86. The maximum atomic E-state index is 5.98. The third-order valence-corrected chi connectivity index (χ3v) is 4.58. The molecule has 1 unspecified atom stereocenters. The molecule has 0 heterocycles. The number of benzene rings is 2. The van der Waals surface area contributed by atoms with Crippen molar-refractivity contribution in [3.05, 3.63) is 64.2 Å². The summed E-state index contributed by atoms with van der Waals surface area (Å²) in [4.78, 5) is 0. The lowest BCUT2D eigenvalue weighted by Gasteiger charge is -2.16. The summed E-state index contributed by atoms with van der Waals surface area (Å²) >= 11 is 0. The second-order valence-corrected chi connectivity index (χ2v) is 6.54. The molecule has 0 fully saturated rings. The lowest BCUT2D eigenvalue weighted by atomic mass is 9.94. The van der Waals surface area contributed by atoms with E-state index in [4.69, 9.17) is 10.5 Å². The van der Waals surface area contributed by atoms with Crippen LogP contribution in [-0.2, 0) is 0 Å². The number of nitrogens with two attached hydrogens (primary N) is 1. The van der Waals surface area contributed by atoms with E-state index in [-0.39, 0.29) is 0 Å². The number of ether oxygens (including phenoxy) is 1. The van der Waals surface area contributed by atoms with Crippen molar-refractivity contribution >= 4 is 0 Å². The Morgan fingerprint density at radius 2 is 1.57 bits per heavy atom. The SMILES string of the molecule is Cc1ccc(C(CN)CCCOc2cc(C)c(C)cc2C)cc1. The summed E-state index contributed by atoms with van der Waals surface area (Å²) in [5.74, 6) is 1.42. The predicted molar refractivity (Wildman–Crippen MR) is 98.4 cm³/mol. The number of hydrogen-bond acceptors (Lipinski definition) is 2. The highest BCUT2D eigenvalue weighted by atomic mass is 16.5. The van der Waals surface area contributed by atoms with E-state index in [0.29, 0.717) is 12.5 Å². The van der Waals surface area contributed by atoms with Crippen LogP contribution in [0.1, 0.15) is 46.6 Å². The van der Waals surface area contributed by atoms with Crippen molar-refractivity contribution in [2.45, 2.75) is 46.5 Å². The lowest BCUT2D eigenvalue weighted by molar-refractivity contribution is 0.299. The van der Waals surface area contributed by atoms with Gasteiger partial charge in [-0.05, 0) is 81.3 Å². The van der Waals surface area contributed by atoms with Gasteiger partial charge in [-0.2, -0.15) is 0 Å². The lowest BCUT2D eigenvalue weighted by Crippen LogP contribution is -2.14. The van der Waals surface area contributed by atoms with Gasteiger partial charge in [0.2, 0.25) is 0 Å². The summed E-state index contributed by atoms with van der Waals surface area (Å²) in [7, 11) is 0. The van der Waals surface area contributed by atoms with Crippen LogP contribution in [0.2, 0.25) is 0 Å². The summed E-state index contributed by atoms with van der Waals surface area (Å²) in [6, 6.07) is 13.0. The molecule has 2 heteroatoms. The Balaban J connectivity index is 1.86. The highest BCUT2D eigenvalue weighted by Crippen LogP contribution is 2.24. The number of rotatable bonds is 7. The van der Waals surface area contributed by atoms with E-state index in [1.807, 2.05) is 0 Å². The second kappa shape index (κ2) is 8.16. The summed E-state index contributed by atoms with van der Waals surface area (Å²) in [5, 5.41) is 0. The van der Waals surface area contributed by atoms with Gasteiger partial charge in [0, 0.05) is 0 Å². The molecule has 0 saturated carbocycles. The van der Waals surface area contributed by atoms with Gasteiger partial charge < -0.3 is 10.5 Å². The first kappa shape index (κ1) is 17.6. The topological polar surface area (TPSA) is 35.2 Å². The molecule has 0 amide bonds. The van der Waals surface area contributed by atoms with Crippen LogP contribution in [0.25, 0.3) is 0 Å². The predicted octanol–water partition coefficient (Wildman–Crippen LogP) is 4.82. The third-order valence-electron chi connectivity index (χ3n) is 4.58.